The van der Waals surface area contributed by atoms with Gasteiger partial charge in [0.05, 0.1) is 42.2 Å². The van der Waals surface area contributed by atoms with E-state index in [2.05, 4.69) is 9.72 Å². The van der Waals surface area contributed by atoms with Crippen LogP contribution in [0.1, 0.15) is 42.2 Å². The Hall–Kier alpha value is -5.85. The number of hydrogen-bond acceptors (Lipinski definition) is 9. The summed E-state index contributed by atoms with van der Waals surface area (Å²) in [6.45, 7) is 1.99. The molecule has 4 aromatic carbocycles. The Kier molecular flexibility index (Phi) is 10.9. The number of benzene rings is 4. The van der Waals surface area contributed by atoms with E-state index in [0.717, 1.165) is 29.3 Å². The number of aryl methyl sites for hydroxylation is 1. The molecule has 0 unspecified atom stereocenters. The molecule has 0 saturated heterocycles. The summed E-state index contributed by atoms with van der Waals surface area (Å²) in [5.74, 6) is -2.15. The number of alkyl halides is 3. The Bertz CT molecular complexity index is 1830. The van der Waals surface area contributed by atoms with E-state index in [-0.39, 0.29) is 17.0 Å². The van der Waals surface area contributed by atoms with Gasteiger partial charge in [0.25, 0.3) is 0 Å². The molecule has 0 saturated carbocycles. The van der Waals surface area contributed by atoms with Crippen molar-refractivity contribution in [2.45, 2.75) is 13.1 Å². The van der Waals surface area contributed by atoms with Crippen LogP contribution in [0, 0.1) is 6.92 Å². The number of hydrogen-bond donors (Lipinski definition) is 3. The fraction of sp³-hybridized carbons (Fsp3) is 0.125. The number of esters is 2. The van der Waals surface area contributed by atoms with Gasteiger partial charge in [0.1, 0.15) is 11.3 Å². The van der Waals surface area contributed by atoms with Gasteiger partial charge in [-0.25, -0.2) is 19.4 Å². The first kappa shape index (κ1) is 33.6. The summed E-state index contributed by atoms with van der Waals surface area (Å²) in [5, 5.41) is 17.5. The minimum absolute atomic E-state index is 0.0457. The Balaban J connectivity index is 0.000000194. The number of oxazole rings is 1. The lowest BCUT2D eigenvalue weighted by Gasteiger charge is -2.08. The lowest BCUT2D eigenvalue weighted by atomic mass is 10.1. The maximum absolute atomic E-state index is 12.1. The van der Waals surface area contributed by atoms with Gasteiger partial charge < -0.3 is 29.8 Å². The van der Waals surface area contributed by atoms with E-state index in [1.807, 2.05) is 31.2 Å². The first-order valence-corrected chi connectivity index (χ1v) is 12.9. The molecule has 0 amide bonds. The molecule has 0 fully saturated rings. The van der Waals surface area contributed by atoms with E-state index >= 15 is 0 Å². The summed E-state index contributed by atoms with van der Waals surface area (Å²) in [4.78, 5) is 37.5. The van der Waals surface area contributed by atoms with Crippen molar-refractivity contribution in [3.05, 3.63) is 113 Å². The van der Waals surface area contributed by atoms with Crippen LogP contribution in [0.15, 0.2) is 89.3 Å². The van der Waals surface area contributed by atoms with Crippen molar-refractivity contribution < 1.29 is 51.7 Å². The zero-order valence-corrected chi connectivity index (χ0v) is 24.1. The van der Waals surface area contributed by atoms with Gasteiger partial charge in [-0.3, -0.25) is 0 Å². The number of aromatic nitrogens is 1. The van der Waals surface area contributed by atoms with Crippen LogP contribution in [0.2, 0.25) is 0 Å². The summed E-state index contributed by atoms with van der Waals surface area (Å²) in [6.07, 6.45) is -4.62. The highest BCUT2D eigenvalue weighted by molar-refractivity contribution is 6.02. The molecule has 45 heavy (non-hydrogen) atoms. The van der Waals surface area contributed by atoms with Gasteiger partial charge in [-0.2, -0.15) is 13.2 Å². The van der Waals surface area contributed by atoms with Crippen LogP contribution in [0.5, 0.6) is 5.75 Å². The van der Waals surface area contributed by atoms with Crippen molar-refractivity contribution >= 4 is 34.7 Å². The maximum Gasteiger partial charge on any atom is 0.417 e. The predicted octanol–water partition coefficient (Wildman–Crippen LogP) is 6.75. The molecule has 0 radical (unpaired) electrons. The molecule has 5 aromatic rings. The van der Waals surface area contributed by atoms with E-state index in [1.165, 1.54) is 38.5 Å². The van der Waals surface area contributed by atoms with Crippen LogP contribution in [0.3, 0.4) is 0 Å². The minimum Gasteiger partial charge on any atom is -0.506 e. The number of nitrogens with zero attached hydrogens (tertiary/aromatic N) is 1. The second kappa shape index (κ2) is 14.6. The molecule has 4 N–H and O–H groups in total. The number of rotatable bonds is 4. The molecule has 1 aromatic heterocycles. The van der Waals surface area contributed by atoms with Crippen LogP contribution in [-0.2, 0) is 15.7 Å². The zero-order chi connectivity index (χ0) is 33.3. The van der Waals surface area contributed by atoms with Gasteiger partial charge in [-0.05, 0) is 55.0 Å². The molecule has 1 heterocycles. The molecule has 5 rings (SSSR count). The average Bonchev–Trinajstić information content (AvgIpc) is 3.46. The van der Waals surface area contributed by atoms with Crippen molar-refractivity contribution in [2.75, 3.05) is 20.0 Å². The molecule has 0 bridgehead atoms. The number of phenolic OH excluding ortho intramolecular Hbond substituents is 1. The first-order chi connectivity index (χ1) is 21.3. The largest absolute Gasteiger partial charge is 0.506 e. The van der Waals surface area contributed by atoms with E-state index < -0.39 is 35.2 Å². The van der Waals surface area contributed by atoms with E-state index in [0.29, 0.717) is 22.6 Å². The highest BCUT2D eigenvalue weighted by Gasteiger charge is 2.34. The smallest absolute Gasteiger partial charge is 0.417 e. The summed E-state index contributed by atoms with van der Waals surface area (Å²) in [6, 6.07) is 21.5. The Morgan fingerprint density at radius 2 is 1.36 bits per heavy atom. The number of aromatic carboxylic acids is 1. The third kappa shape index (κ3) is 8.16. The number of nitrogens with two attached hydrogens (primary N) is 1. The number of fused-ring (bicyclic) bond motifs is 1. The number of aromatic hydroxyl groups is 1. The number of para-hydroxylation sites is 2. The Labute approximate surface area is 254 Å². The quantitative estimate of drug-likeness (QED) is 0.111. The first-order valence-electron chi connectivity index (χ1n) is 12.9. The number of carbonyl (C=O) groups excluding carboxylic acids is 2. The van der Waals surface area contributed by atoms with Gasteiger partial charge in [-0.15, -0.1) is 0 Å². The minimum atomic E-state index is -4.62. The maximum atomic E-state index is 12.1. The van der Waals surface area contributed by atoms with E-state index in [1.54, 1.807) is 18.2 Å². The van der Waals surface area contributed by atoms with Crippen molar-refractivity contribution in [3.8, 4) is 17.2 Å². The molecule has 13 heteroatoms. The number of carboxylic acid groups (broad SMARTS) is 1. The number of carboxylic acids is 1. The van der Waals surface area contributed by atoms with E-state index in [4.69, 9.17) is 25.1 Å². The highest BCUT2D eigenvalue weighted by Crippen LogP contribution is 2.32. The lowest BCUT2D eigenvalue weighted by Crippen LogP contribution is -2.12. The number of nitrogen functional groups attached to an aromatic ring is 1. The zero-order valence-electron chi connectivity index (χ0n) is 24.1. The number of phenols is 1. The number of halogens is 3. The molecule has 0 aliphatic rings. The van der Waals surface area contributed by atoms with Crippen LogP contribution < -0.4 is 5.73 Å². The standard InChI is InChI=1S/C16H13NO3.C8H5F3O2.C8H9NO3/c1-10-6-3-4-7-11(10)15-17-14-12(16(18)19-2)8-5-9-13(14)20-15;9-8(10,11)6-4-2-1-3-5(6)7(12)13;1-12-8(11)5-3-2-4-6(10)7(5)9/h3-9H,1-2H3;1-4H,(H,12,13);2-4,10H,9H2,1H3. The van der Waals surface area contributed by atoms with Gasteiger partial charge in [0.2, 0.25) is 5.89 Å². The number of methoxy groups -OCH3 is 2. The Morgan fingerprint density at radius 3 is 1.96 bits per heavy atom. The summed E-state index contributed by atoms with van der Waals surface area (Å²) in [5.41, 5.74) is 7.28. The van der Waals surface area contributed by atoms with Gasteiger partial charge in [0.15, 0.2) is 5.58 Å². The number of anilines is 1. The third-order valence-corrected chi connectivity index (χ3v) is 6.15. The van der Waals surface area contributed by atoms with Crippen molar-refractivity contribution in [1.29, 1.82) is 0 Å². The second-order valence-electron chi connectivity index (χ2n) is 9.06. The van der Waals surface area contributed by atoms with Crippen LogP contribution in [0.25, 0.3) is 22.6 Å². The monoisotopic (exact) mass is 624 g/mol. The lowest BCUT2D eigenvalue weighted by molar-refractivity contribution is -0.138. The fourth-order valence-electron chi connectivity index (χ4n) is 3.91. The van der Waals surface area contributed by atoms with Gasteiger partial charge in [0, 0.05) is 5.56 Å². The van der Waals surface area contributed by atoms with Crippen molar-refractivity contribution in [2.24, 2.45) is 0 Å². The number of ether oxygens (including phenoxy) is 2. The Morgan fingerprint density at radius 1 is 0.800 bits per heavy atom. The molecule has 0 aliphatic heterocycles. The molecule has 0 spiro atoms. The van der Waals surface area contributed by atoms with Gasteiger partial charge in [-0.1, -0.05) is 42.5 Å². The summed E-state index contributed by atoms with van der Waals surface area (Å²) in [7, 11) is 2.61. The van der Waals surface area contributed by atoms with Crippen LogP contribution in [-0.4, -0.2) is 47.3 Å². The van der Waals surface area contributed by atoms with Crippen molar-refractivity contribution in [1.82, 2.24) is 4.98 Å². The van der Waals surface area contributed by atoms with Crippen molar-refractivity contribution in [3.63, 3.8) is 0 Å². The molecular formula is C32H27F3N2O8. The summed E-state index contributed by atoms with van der Waals surface area (Å²) >= 11 is 0. The normalized spacial score (nSPS) is 10.5. The van der Waals surface area contributed by atoms with Crippen LogP contribution >= 0.6 is 0 Å². The number of carbonyl (C=O) groups is 3. The highest BCUT2D eigenvalue weighted by atomic mass is 19.4. The third-order valence-electron chi connectivity index (χ3n) is 6.15. The van der Waals surface area contributed by atoms with Crippen LogP contribution in [0.4, 0.5) is 18.9 Å². The molecule has 234 valence electrons. The summed E-state index contributed by atoms with van der Waals surface area (Å²) < 4.78 is 51.4. The molecule has 10 nitrogen and oxygen atoms in total. The molecule has 0 aliphatic carbocycles. The predicted molar refractivity (Wildman–Crippen MR) is 158 cm³/mol. The second-order valence-corrected chi connectivity index (χ2v) is 9.06. The molecular weight excluding hydrogens is 597 g/mol. The SMILES string of the molecule is COC(=O)c1cccc(O)c1N.COC(=O)c1cccc2oc(-c3ccccc3C)nc12.O=C(O)c1ccccc1C(F)(F)F. The van der Waals surface area contributed by atoms with Gasteiger partial charge >= 0.3 is 24.1 Å². The topological polar surface area (TPSA) is 162 Å². The fourth-order valence-corrected chi connectivity index (χ4v) is 3.91. The van der Waals surface area contributed by atoms with E-state index in [9.17, 15) is 27.6 Å². The molecule has 0 atom stereocenters. The average molecular weight is 625 g/mol.